The lowest BCUT2D eigenvalue weighted by atomic mass is 9.62. The van der Waals surface area contributed by atoms with Gasteiger partial charge in [0, 0.05) is 26.2 Å². The van der Waals surface area contributed by atoms with Crippen LogP contribution in [0.2, 0.25) is 0 Å². The van der Waals surface area contributed by atoms with Crippen molar-refractivity contribution >= 4 is 17.7 Å². The van der Waals surface area contributed by atoms with E-state index in [1.807, 2.05) is 67.6 Å². The Kier molecular flexibility index (Phi) is 10.2. The molecule has 7 atom stereocenters. The molecule has 0 aromatic heterocycles. The van der Waals surface area contributed by atoms with Gasteiger partial charge in [0.15, 0.2) is 0 Å². The highest BCUT2D eigenvalue weighted by atomic mass is 16.5. The van der Waals surface area contributed by atoms with Crippen LogP contribution in [0.3, 0.4) is 0 Å². The zero-order valence-corrected chi connectivity index (χ0v) is 27.5. The van der Waals surface area contributed by atoms with Gasteiger partial charge in [-0.15, -0.1) is 13.2 Å². The molecule has 8 heteroatoms. The largest absolute Gasteiger partial charge is 0.394 e. The van der Waals surface area contributed by atoms with Gasteiger partial charge in [-0.3, -0.25) is 14.4 Å². The van der Waals surface area contributed by atoms with Gasteiger partial charge in [0.1, 0.15) is 11.6 Å². The average Bonchev–Trinajstić information content (AvgIpc) is 3.57. The second kappa shape index (κ2) is 13.9. The molecule has 1 N–H and O–H groups in total. The summed E-state index contributed by atoms with van der Waals surface area (Å²) >= 11 is 0. The molecule has 3 fully saturated rings. The number of fused-ring (bicyclic) bond motifs is 1. The van der Waals surface area contributed by atoms with Crippen LogP contribution in [0.4, 0.5) is 0 Å². The molecule has 0 saturated carbocycles. The molecule has 3 amide bonds. The molecule has 5 rings (SSSR count). The van der Waals surface area contributed by atoms with E-state index in [4.69, 9.17) is 4.74 Å². The lowest BCUT2D eigenvalue weighted by Gasteiger charge is -2.39. The molecule has 3 aliphatic rings. The van der Waals surface area contributed by atoms with Crippen molar-refractivity contribution in [2.75, 3.05) is 26.2 Å². The minimum atomic E-state index is -1.22. The van der Waals surface area contributed by atoms with Crippen molar-refractivity contribution in [1.82, 2.24) is 14.7 Å². The van der Waals surface area contributed by atoms with Crippen molar-refractivity contribution in [2.45, 2.75) is 76.3 Å². The van der Waals surface area contributed by atoms with Gasteiger partial charge < -0.3 is 24.5 Å². The molecule has 2 aromatic rings. The Hall–Kier alpha value is -3.75. The number of aliphatic hydroxyl groups excluding tert-OH is 1. The predicted octanol–water partition coefficient (Wildman–Crippen LogP) is 5.15. The first-order valence-corrected chi connectivity index (χ1v) is 16.7. The number of likely N-dealkylation sites (tertiary alicyclic amines) is 1. The number of rotatable bonds is 15. The molecule has 2 bridgehead atoms. The van der Waals surface area contributed by atoms with Crippen molar-refractivity contribution < 1.29 is 24.2 Å². The summed E-state index contributed by atoms with van der Waals surface area (Å²) in [7, 11) is 0. The zero-order valence-electron chi connectivity index (χ0n) is 27.5. The van der Waals surface area contributed by atoms with Crippen molar-refractivity contribution in [2.24, 2.45) is 17.8 Å². The lowest BCUT2D eigenvalue weighted by molar-refractivity contribution is -0.158. The molecule has 0 aliphatic carbocycles. The van der Waals surface area contributed by atoms with Crippen LogP contribution in [0.25, 0.3) is 0 Å². The molecule has 0 radical (unpaired) electrons. The van der Waals surface area contributed by atoms with E-state index in [2.05, 4.69) is 27.0 Å². The number of benzene rings is 2. The Morgan fingerprint density at radius 3 is 2.26 bits per heavy atom. The van der Waals surface area contributed by atoms with E-state index in [0.717, 1.165) is 30.4 Å². The third-order valence-electron chi connectivity index (χ3n) is 10.5. The fraction of sp³-hybridized carbons (Fsp3) is 0.500. The van der Waals surface area contributed by atoms with Crippen LogP contribution in [0.1, 0.15) is 63.6 Å². The number of ether oxygens (including phenoxy) is 1. The standard InChI is InChI=1S/C38H49N3O5/c1-6-9-16-23-39(21-7-2)36(45)33-38-24-27(4)37(5,46-38)31(34(43)40(22-8-3)25-28-17-12-10-13-18-28)32(38)35(44)41(33)30(26-42)29-19-14-11-15-20-29/h7-8,10-15,17-20,27,30-33,42H,2-3,6,9,16,21-26H2,1,4-5H3/t27?,30-,31+,32+,33?,37-,38?/m1/s1. The van der Waals surface area contributed by atoms with Gasteiger partial charge in [-0.25, -0.2) is 0 Å². The highest BCUT2D eigenvalue weighted by Gasteiger charge is 2.80. The Bertz CT molecular complexity index is 1420. The highest BCUT2D eigenvalue weighted by Crippen LogP contribution is 2.66. The van der Waals surface area contributed by atoms with E-state index < -0.39 is 35.1 Å². The monoisotopic (exact) mass is 627 g/mol. The number of nitrogens with zero attached hydrogens (tertiary/aromatic N) is 3. The number of hydrogen-bond donors (Lipinski definition) is 1. The first kappa shape index (κ1) is 33.6. The number of carbonyl (C=O) groups excluding carboxylic acids is 3. The SMILES string of the molecule is C=CCN(CCCCC)C(=O)C1N([C@H](CO)c2ccccc2)C(=O)[C@@H]2[C@@H](C(=O)N(CC=C)Cc3ccccc3)[C@]3(C)OC12CC3C. The number of amides is 3. The summed E-state index contributed by atoms with van der Waals surface area (Å²) in [4.78, 5) is 49.6. The van der Waals surface area contributed by atoms with Gasteiger partial charge in [-0.05, 0) is 36.8 Å². The van der Waals surface area contributed by atoms with E-state index in [0.29, 0.717) is 32.6 Å². The molecule has 46 heavy (non-hydrogen) atoms. The van der Waals surface area contributed by atoms with E-state index >= 15 is 0 Å². The molecule has 3 heterocycles. The van der Waals surface area contributed by atoms with Crippen LogP contribution in [0.5, 0.6) is 0 Å². The van der Waals surface area contributed by atoms with Crippen molar-refractivity contribution in [3.8, 4) is 0 Å². The van der Waals surface area contributed by atoms with E-state index in [-0.39, 0.29) is 30.2 Å². The minimum absolute atomic E-state index is 0.0969. The molecule has 3 unspecified atom stereocenters. The Morgan fingerprint density at radius 1 is 1.02 bits per heavy atom. The molecule has 8 nitrogen and oxygen atoms in total. The molecule has 3 aliphatic heterocycles. The van der Waals surface area contributed by atoms with Crippen LogP contribution in [-0.2, 0) is 25.7 Å². The number of hydrogen-bond acceptors (Lipinski definition) is 5. The Labute approximate surface area is 273 Å². The van der Waals surface area contributed by atoms with Gasteiger partial charge in [0.2, 0.25) is 17.7 Å². The van der Waals surface area contributed by atoms with Crippen LogP contribution in [-0.4, -0.2) is 81.0 Å². The van der Waals surface area contributed by atoms with Gasteiger partial charge >= 0.3 is 0 Å². The second-order valence-electron chi connectivity index (χ2n) is 13.3. The smallest absolute Gasteiger partial charge is 0.248 e. The topological polar surface area (TPSA) is 90.4 Å². The average molecular weight is 628 g/mol. The first-order valence-electron chi connectivity index (χ1n) is 16.7. The van der Waals surface area contributed by atoms with Crippen LogP contribution in [0, 0.1) is 17.8 Å². The molecule has 1 spiro atoms. The van der Waals surface area contributed by atoms with Crippen LogP contribution < -0.4 is 0 Å². The Morgan fingerprint density at radius 2 is 1.65 bits per heavy atom. The van der Waals surface area contributed by atoms with E-state index in [1.165, 1.54) is 0 Å². The molecular weight excluding hydrogens is 578 g/mol. The third-order valence-corrected chi connectivity index (χ3v) is 10.5. The van der Waals surface area contributed by atoms with Gasteiger partial charge in [-0.1, -0.05) is 99.5 Å². The second-order valence-corrected chi connectivity index (χ2v) is 13.3. The van der Waals surface area contributed by atoms with Crippen molar-refractivity contribution in [3.05, 3.63) is 97.1 Å². The van der Waals surface area contributed by atoms with E-state index in [9.17, 15) is 19.5 Å². The fourth-order valence-corrected chi connectivity index (χ4v) is 8.26. The fourth-order valence-electron chi connectivity index (χ4n) is 8.26. The number of carbonyl (C=O) groups is 3. The van der Waals surface area contributed by atoms with Gasteiger partial charge in [0.05, 0.1) is 30.1 Å². The molecule has 246 valence electrons. The minimum Gasteiger partial charge on any atom is -0.394 e. The summed E-state index contributed by atoms with van der Waals surface area (Å²) < 4.78 is 7.02. The normalized spacial score (nSPS) is 28.5. The van der Waals surface area contributed by atoms with Gasteiger partial charge in [-0.2, -0.15) is 0 Å². The van der Waals surface area contributed by atoms with Crippen LogP contribution in [0.15, 0.2) is 86.0 Å². The number of aliphatic hydroxyl groups is 1. The summed E-state index contributed by atoms with van der Waals surface area (Å²) in [6.07, 6.45) is 6.66. The molecular formula is C38H49N3O5. The van der Waals surface area contributed by atoms with Crippen molar-refractivity contribution in [3.63, 3.8) is 0 Å². The summed E-state index contributed by atoms with van der Waals surface area (Å²) in [5.41, 5.74) is -0.478. The predicted molar refractivity (Wildman–Crippen MR) is 178 cm³/mol. The summed E-state index contributed by atoms with van der Waals surface area (Å²) in [5.74, 6) is -2.51. The summed E-state index contributed by atoms with van der Waals surface area (Å²) in [5, 5.41) is 10.8. The maximum Gasteiger partial charge on any atom is 0.248 e. The maximum absolute atomic E-state index is 15.0. The maximum atomic E-state index is 15.0. The first-order chi connectivity index (χ1) is 22.2. The van der Waals surface area contributed by atoms with Crippen LogP contribution >= 0.6 is 0 Å². The lowest BCUT2D eigenvalue weighted by Crippen LogP contribution is -2.57. The number of unbranched alkanes of at least 4 members (excludes halogenated alkanes) is 2. The van der Waals surface area contributed by atoms with Crippen molar-refractivity contribution in [1.29, 1.82) is 0 Å². The van der Waals surface area contributed by atoms with E-state index in [1.54, 1.807) is 26.9 Å². The summed E-state index contributed by atoms with van der Waals surface area (Å²) in [6.45, 7) is 15.1. The molecule has 3 saturated heterocycles. The zero-order chi connectivity index (χ0) is 33.1. The highest BCUT2D eigenvalue weighted by molar-refractivity contribution is 5.99. The Balaban J connectivity index is 1.62. The quantitative estimate of drug-likeness (QED) is 0.218. The van der Waals surface area contributed by atoms with Gasteiger partial charge in [0.25, 0.3) is 0 Å². The summed E-state index contributed by atoms with van der Waals surface area (Å²) in [6, 6.07) is 17.3. The molecule has 2 aromatic carbocycles. The third kappa shape index (κ3) is 5.71.